The number of rotatable bonds is 0. The molecule has 0 aromatic carbocycles. The van der Waals surface area contributed by atoms with Gasteiger partial charge in [0.1, 0.15) is 0 Å². The topological polar surface area (TPSA) is 0 Å². The van der Waals surface area contributed by atoms with Gasteiger partial charge in [0.25, 0.3) is 0 Å². The largest absolute Gasteiger partial charge is 0.358 e. The van der Waals surface area contributed by atoms with Gasteiger partial charge in [0.2, 0.25) is 0 Å². The summed E-state index contributed by atoms with van der Waals surface area (Å²) in [6, 6.07) is 0. The van der Waals surface area contributed by atoms with Gasteiger partial charge in [-0.15, -0.1) is 12.3 Å². The minimum Gasteiger partial charge on any atom is -0.358 e. The molecule has 0 unspecified atom stereocenters. The maximum Gasteiger partial charge on any atom is 0 e. The van der Waals surface area contributed by atoms with Crippen molar-refractivity contribution in [2.24, 2.45) is 0 Å². The van der Waals surface area contributed by atoms with E-state index >= 15 is 0 Å². The second kappa shape index (κ2) is 9.95. The molecule has 0 spiro atoms. The first-order valence-corrected chi connectivity index (χ1v) is 1.79. The Morgan fingerprint density at radius 3 is 2.00 bits per heavy atom. The van der Waals surface area contributed by atoms with Crippen molar-refractivity contribution in [3.05, 3.63) is 6.42 Å². The van der Waals surface area contributed by atoms with Crippen LogP contribution in [-0.2, 0) is 18.6 Å². The average Bonchev–Trinajstić information content (AvgIpc) is 1.81. The van der Waals surface area contributed by atoms with E-state index in [9.17, 15) is 0 Å². The van der Waals surface area contributed by atoms with Gasteiger partial charge < -0.3 is 6.42 Å². The van der Waals surface area contributed by atoms with E-state index in [-0.39, 0.29) is 18.6 Å². The molecule has 0 fully saturated rings. The molecule has 1 radical (unpaired) electrons. The summed E-state index contributed by atoms with van der Waals surface area (Å²) in [6.07, 6.45) is 11.0. The van der Waals surface area contributed by atoms with Crippen LogP contribution in [0.2, 0.25) is 0 Å². The first-order chi connectivity index (χ1) is 3.91. The Kier molecular flexibility index (Phi) is 11.9. The Balaban J connectivity index is 0. The van der Waals surface area contributed by atoms with Crippen LogP contribution in [0.1, 0.15) is 0 Å². The summed E-state index contributed by atoms with van der Waals surface area (Å²) in [5.74, 6) is 13.0. The molecule has 0 nitrogen and oxygen atoms in total. The van der Waals surface area contributed by atoms with Crippen molar-refractivity contribution in [2.45, 2.75) is 0 Å². The SMILES string of the molecule is [C-]#CC#CC#CC#C.[V]. The zero-order valence-corrected chi connectivity index (χ0v) is 5.92. The van der Waals surface area contributed by atoms with Crippen molar-refractivity contribution < 1.29 is 18.6 Å². The van der Waals surface area contributed by atoms with Crippen molar-refractivity contribution in [1.29, 1.82) is 0 Å². The van der Waals surface area contributed by atoms with Crippen LogP contribution in [-0.4, -0.2) is 0 Å². The summed E-state index contributed by atoms with van der Waals surface area (Å²) in [5.41, 5.74) is 0. The Morgan fingerprint density at radius 2 is 1.56 bits per heavy atom. The van der Waals surface area contributed by atoms with Gasteiger partial charge in [-0.1, -0.05) is 0 Å². The molecular formula is C8HV-. The molecule has 0 atom stereocenters. The third-order valence-corrected chi connectivity index (χ3v) is 0.322. The fourth-order valence-electron chi connectivity index (χ4n) is 0.130. The van der Waals surface area contributed by atoms with Gasteiger partial charge in [-0.3, -0.25) is 5.92 Å². The molecule has 0 heterocycles. The molecule has 9 heavy (non-hydrogen) atoms. The number of hydrogen-bond acceptors (Lipinski definition) is 0. The van der Waals surface area contributed by atoms with Gasteiger partial charge in [0.05, 0.1) is 0 Å². The molecule has 0 saturated heterocycles. The third-order valence-electron chi connectivity index (χ3n) is 0.322. The van der Waals surface area contributed by atoms with Crippen LogP contribution in [0.25, 0.3) is 0 Å². The van der Waals surface area contributed by atoms with E-state index in [1.807, 2.05) is 5.92 Å². The molecule has 1 heteroatoms. The molecule has 0 amide bonds. The van der Waals surface area contributed by atoms with E-state index in [0.29, 0.717) is 0 Å². The molecule has 0 rings (SSSR count). The molecule has 0 aromatic heterocycles. The minimum absolute atomic E-state index is 0. The van der Waals surface area contributed by atoms with Crippen LogP contribution in [0, 0.1) is 48.4 Å². The number of terminal acetylenes is 1. The fourth-order valence-corrected chi connectivity index (χ4v) is 0.130. The summed E-state index contributed by atoms with van der Waals surface area (Å²) in [5, 5.41) is 0. The Hall–Kier alpha value is -1.18. The second-order valence-corrected chi connectivity index (χ2v) is 0.769. The molecule has 0 aliphatic rings. The molecule has 39 valence electrons. The van der Waals surface area contributed by atoms with Crippen molar-refractivity contribution in [2.75, 3.05) is 0 Å². The van der Waals surface area contributed by atoms with Gasteiger partial charge in [-0.05, 0) is 17.8 Å². The van der Waals surface area contributed by atoms with Crippen LogP contribution < -0.4 is 0 Å². The van der Waals surface area contributed by atoms with Gasteiger partial charge in [-0.25, -0.2) is 5.92 Å². The van der Waals surface area contributed by atoms with Gasteiger partial charge in [0.15, 0.2) is 0 Å². The predicted octanol–water partition coefficient (Wildman–Crippen LogP) is 0.214. The average molecular weight is 148 g/mol. The maximum atomic E-state index is 6.30. The molecule has 0 saturated carbocycles. The standard InChI is InChI=1S/C8H.V/c1-3-5-7-8-6-4-2;/h1H;/q-1;. The monoisotopic (exact) mass is 148 g/mol. The maximum absolute atomic E-state index is 6.30. The first kappa shape index (κ1) is 10.7. The van der Waals surface area contributed by atoms with Gasteiger partial charge in [0, 0.05) is 18.6 Å². The van der Waals surface area contributed by atoms with Crippen LogP contribution in [0.5, 0.6) is 0 Å². The molecule has 0 N–H and O–H groups in total. The molecule has 0 bridgehead atoms. The molecule has 0 aliphatic heterocycles. The smallest absolute Gasteiger partial charge is 0 e. The molecule has 0 aromatic rings. The first-order valence-electron chi connectivity index (χ1n) is 1.79. The van der Waals surface area contributed by atoms with Crippen LogP contribution >= 0.6 is 0 Å². The Morgan fingerprint density at radius 1 is 1.00 bits per heavy atom. The summed E-state index contributed by atoms with van der Waals surface area (Å²) < 4.78 is 0. The van der Waals surface area contributed by atoms with Crippen molar-refractivity contribution in [3.63, 3.8) is 0 Å². The summed E-state index contributed by atoms with van der Waals surface area (Å²) in [6.45, 7) is 0. The normalized spacial score (nSPS) is 2.89. The molecule has 0 aliphatic carbocycles. The van der Waals surface area contributed by atoms with Crippen LogP contribution in [0.4, 0.5) is 0 Å². The Bertz CT molecular complexity index is 221. The van der Waals surface area contributed by atoms with E-state index in [4.69, 9.17) is 12.8 Å². The fraction of sp³-hybridized carbons (Fsp3) is 0. The van der Waals surface area contributed by atoms with E-state index in [1.165, 1.54) is 0 Å². The van der Waals surface area contributed by atoms with E-state index in [2.05, 4.69) is 29.6 Å². The quantitative estimate of drug-likeness (QED) is 0.340. The van der Waals surface area contributed by atoms with Crippen LogP contribution in [0.15, 0.2) is 0 Å². The summed E-state index contributed by atoms with van der Waals surface area (Å²) in [7, 11) is 0. The zero-order valence-electron chi connectivity index (χ0n) is 4.52. The van der Waals surface area contributed by atoms with Crippen molar-refractivity contribution in [1.82, 2.24) is 0 Å². The second-order valence-electron chi connectivity index (χ2n) is 0.769. The van der Waals surface area contributed by atoms with Gasteiger partial charge in [-0.2, -0.15) is 0 Å². The van der Waals surface area contributed by atoms with Gasteiger partial charge >= 0.3 is 0 Å². The number of hydrogen-bond donors (Lipinski definition) is 0. The van der Waals surface area contributed by atoms with Crippen molar-refractivity contribution >= 4 is 0 Å². The Labute approximate surface area is 67.3 Å². The predicted molar refractivity (Wildman–Crippen MR) is 31.5 cm³/mol. The van der Waals surface area contributed by atoms with E-state index in [1.54, 1.807) is 0 Å². The zero-order chi connectivity index (χ0) is 6.24. The summed E-state index contributed by atoms with van der Waals surface area (Å²) in [4.78, 5) is 0. The third kappa shape index (κ3) is 10.9. The van der Waals surface area contributed by atoms with E-state index in [0.717, 1.165) is 0 Å². The van der Waals surface area contributed by atoms with Crippen molar-refractivity contribution in [3.8, 4) is 41.9 Å². The molecular weight excluding hydrogens is 147 g/mol. The minimum atomic E-state index is 0. The van der Waals surface area contributed by atoms with Crippen LogP contribution in [0.3, 0.4) is 0 Å². The van der Waals surface area contributed by atoms with E-state index < -0.39 is 0 Å². The summed E-state index contributed by atoms with van der Waals surface area (Å²) >= 11 is 0.